The van der Waals surface area contributed by atoms with Crippen molar-refractivity contribution in [1.29, 1.82) is 0 Å². The first-order valence-corrected chi connectivity index (χ1v) is 17.6. The summed E-state index contributed by atoms with van der Waals surface area (Å²) >= 11 is 13.3. The van der Waals surface area contributed by atoms with Crippen molar-refractivity contribution in [2.24, 2.45) is 0 Å². The maximum Gasteiger partial charge on any atom is 0.423 e. The molecule has 1 aliphatic heterocycles. The molecule has 0 saturated carbocycles. The van der Waals surface area contributed by atoms with Crippen LogP contribution in [0.15, 0.2) is 36.7 Å². The summed E-state index contributed by atoms with van der Waals surface area (Å²) in [5.41, 5.74) is 4.83. The van der Waals surface area contributed by atoms with E-state index in [0.717, 1.165) is 29.2 Å². The highest BCUT2D eigenvalue weighted by atomic mass is 35.5. The van der Waals surface area contributed by atoms with E-state index in [1.54, 1.807) is 52.5 Å². The molecule has 5 amide bonds. The van der Waals surface area contributed by atoms with Crippen molar-refractivity contribution < 1.29 is 38.1 Å². The molecule has 0 bridgehead atoms. The number of nitrogens with zero attached hydrogens (tertiary/aromatic N) is 7. The number of hydrogen-bond acceptors (Lipinski definition) is 12. The quantitative estimate of drug-likeness (QED) is 0.247. The number of aromatic nitrogens is 2. The zero-order chi connectivity index (χ0) is 40.3. The Balaban J connectivity index is 1.80. The number of methoxy groups -OCH3 is 2. The molecule has 0 aliphatic carbocycles. The number of carbonyl (C=O) groups excluding carboxylic acids is 4. The van der Waals surface area contributed by atoms with Gasteiger partial charge in [-0.15, -0.1) is 0 Å². The molecule has 1 fully saturated rings. The molecule has 54 heavy (non-hydrogen) atoms. The fourth-order valence-electron chi connectivity index (χ4n) is 5.24. The minimum Gasteiger partial charge on any atom is -0.495 e. The van der Waals surface area contributed by atoms with E-state index in [9.17, 15) is 19.2 Å². The molecule has 4 rings (SSSR count). The summed E-state index contributed by atoms with van der Waals surface area (Å²) in [5.74, 6) is -0.208. The molecule has 16 nitrogen and oxygen atoms in total. The summed E-state index contributed by atoms with van der Waals surface area (Å²) in [7, 11) is 6.01. The van der Waals surface area contributed by atoms with Crippen molar-refractivity contribution >= 4 is 76.0 Å². The number of nitrogens with two attached hydrogens (primary N) is 1. The maximum absolute atomic E-state index is 14.4. The normalized spacial score (nSPS) is 13.5. The Labute approximate surface area is 324 Å². The first-order valence-electron chi connectivity index (χ1n) is 16.8. The van der Waals surface area contributed by atoms with E-state index < -0.39 is 29.4 Å². The van der Waals surface area contributed by atoms with Crippen LogP contribution in [0.3, 0.4) is 0 Å². The predicted molar refractivity (Wildman–Crippen MR) is 207 cm³/mol. The second-order valence-corrected chi connectivity index (χ2v) is 15.1. The zero-order valence-corrected chi connectivity index (χ0v) is 33.5. The number of imide groups is 1. The summed E-state index contributed by atoms with van der Waals surface area (Å²) in [6.45, 7) is 12.5. The second-order valence-electron chi connectivity index (χ2n) is 14.3. The molecule has 0 radical (unpaired) electrons. The largest absolute Gasteiger partial charge is 0.495 e. The summed E-state index contributed by atoms with van der Waals surface area (Å²) in [6.07, 6.45) is -0.870. The van der Waals surface area contributed by atoms with Crippen LogP contribution in [0.4, 0.5) is 43.1 Å². The van der Waals surface area contributed by atoms with Crippen LogP contribution in [-0.4, -0.2) is 110 Å². The number of rotatable bonds is 7. The van der Waals surface area contributed by atoms with E-state index in [1.807, 2.05) is 7.05 Å². The van der Waals surface area contributed by atoms with Gasteiger partial charge in [-0.1, -0.05) is 23.2 Å². The highest BCUT2D eigenvalue weighted by Gasteiger charge is 2.37. The first-order chi connectivity index (χ1) is 25.2. The Hall–Kier alpha value is -5.06. The number of halogens is 2. The van der Waals surface area contributed by atoms with Crippen LogP contribution in [0.2, 0.25) is 10.0 Å². The lowest BCUT2D eigenvalue weighted by Crippen LogP contribution is -2.48. The Morgan fingerprint density at radius 3 is 1.85 bits per heavy atom. The number of urea groups is 1. The molecule has 3 aromatic rings. The Bertz CT molecular complexity index is 1880. The number of amides is 5. The van der Waals surface area contributed by atoms with Gasteiger partial charge in [-0.05, 0) is 66.8 Å². The third-order valence-corrected chi connectivity index (χ3v) is 8.65. The van der Waals surface area contributed by atoms with E-state index in [-0.39, 0.29) is 56.1 Å². The van der Waals surface area contributed by atoms with Gasteiger partial charge >= 0.3 is 18.2 Å². The molecular weight excluding hydrogens is 743 g/mol. The molecule has 0 spiro atoms. The fraction of sp³-hybridized carbons (Fsp3) is 0.444. The van der Waals surface area contributed by atoms with Crippen molar-refractivity contribution in [2.75, 3.05) is 74.9 Å². The number of likely N-dealkylation sites (N-methyl/N-ethyl adjacent to an activating group) is 1. The highest BCUT2D eigenvalue weighted by molar-refractivity contribution is 6.43. The maximum atomic E-state index is 14.4. The Kier molecular flexibility index (Phi) is 12.8. The van der Waals surface area contributed by atoms with Crippen LogP contribution in [0.25, 0.3) is 0 Å². The van der Waals surface area contributed by atoms with E-state index in [2.05, 4.69) is 14.9 Å². The van der Waals surface area contributed by atoms with Crippen molar-refractivity contribution in [2.45, 2.75) is 52.7 Å². The topological polar surface area (TPSA) is 173 Å². The molecule has 2 N–H and O–H groups in total. The Morgan fingerprint density at radius 2 is 1.33 bits per heavy atom. The first kappa shape index (κ1) is 41.7. The lowest BCUT2D eigenvalue weighted by Gasteiger charge is -2.32. The number of hydrogen-bond donors (Lipinski definition) is 1. The molecule has 1 saturated heterocycles. The van der Waals surface area contributed by atoms with Crippen LogP contribution in [0.1, 0.15) is 51.9 Å². The molecule has 0 unspecified atom stereocenters. The van der Waals surface area contributed by atoms with Crippen LogP contribution in [0, 0.1) is 0 Å². The highest BCUT2D eigenvalue weighted by Crippen LogP contribution is 2.47. The molecule has 1 aliphatic rings. The van der Waals surface area contributed by atoms with Crippen molar-refractivity contribution in [3.05, 3.63) is 52.3 Å². The van der Waals surface area contributed by atoms with Gasteiger partial charge in [-0.2, -0.15) is 4.90 Å². The molecule has 0 atom stereocenters. The van der Waals surface area contributed by atoms with Gasteiger partial charge in [0, 0.05) is 50.9 Å². The van der Waals surface area contributed by atoms with Gasteiger partial charge in [0.15, 0.2) is 0 Å². The third-order valence-electron chi connectivity index (χ3n) is 7.92. The molecular formula is C36H46Cl2N8O8. The van der Waals surface area contributed by atoms with Crippen molar-refractivity contribution in [3.63, 3.8) is 0 Å². The van der Waals surface area contributed by atoms with Gasteiger partial charge < -0.3 is 34.5 Å². The lowest BCUT2D eigenvalue weighted by atomic mass is 10.1. The van der Waals surface area contributed by atoms with Gasteiger partial charge in [0.2, 0.25) is 0 Å². The lowest BCUT2D eigenvalue weighted by molar-refractivity contribution is 0.0584. The van der Waals surface area contributed by atoms with E-state index in [1.165, 1.54) is 45.5 Å². The SMILES string of the molecule is COc1cc(OC)c(Cl)c(N(C(=O)OC(C)(C)C)C(=O)N(C)c2cc(N(C(=O)OC(C)(C)C)c3ccc(C(=O)N4CCN(C)CC4)cc3N)ncn2)c1Cl. The van der Waals surface area contributed by atoms with E-state index in [4.69, 9.17) is 47.9 Å². The van der Waals surface area contributed by atoms with Gasteiger partial charge in [-0.3, -0.25) is 9.69 Å². The molecule has 2 aromatic carbocycles. The molecule has 1 aromatic heterocycles. The van der Waals surface area contributed by atoms with Gasteiger partial charge in [0.1, 0.15) is 56.4 Å². The predicted octanol–water partition coefficient (Wildman–Crippen LogP) is 6.84. The number of piperazine rings is 1. The van der Waals surface area contributed by atoms with Crippen molar-refractivity contribution in [3.8, 4) is 11.5 Å². The third kappa shape index (κ3) is 9.53. The fourth-order valence-corrected chi connectivity index (χ4v) is 5.91. The number of nitrogen functional groups attached to an aromatic ring is 1. The summed E-state index contributed by atoms with van der Waals surface area (Å²) in [6, 6.07) is 6.27. The zero-order valence-electron chi connectivity index (χ0n) is 32.0. The Morgan fingerprint density at radius 1 is 0.796 bits per heavy atom. The number of benzene rings is 2. The van der Waals surface area contributed by atoms with Gasteiger partial charge in [-0.25, -0.2) is 29.3 Å². The summed E-state index contributed by atoms with van der Waals surface area (Å²) < 4.78 is 22.1. The van der Waals surface area contributed by atoms with Crippen LogP contribution < -0.4 is 29.9 Å². The number of carbonyl (C=O) groups is 4. The average molecular weight is 790 g/mol. The molecule has 2 heterocycles. The number of anilines is 5. The van der Waals surface area contributed by atoms with E-state index >= 15 is 0 Å². The van der Waals surface area contributed by atoms with Gasteiger partial charge in [0.25, 0.3) is 5.91 Å². The average Bonchev–Trinajstić information content (AvgIpc) is 3.09. The van der Waals surface area contributed by atoms with Crippen molar-refractivity contribution in [1.82, 2.24) is 19.8 Å². The second kappa shape index (κ2) is 16.5. The van der Waals surface area contributed by atoms with Crippen LogP contribution in [0.5, 0.6) is 11.5 Å². The monoisotopic (exact) mass is 788 g/mol. The van der Waals surface area contributed by atoms with Crippen LogP contribution >= 0.6 is 23.2 Å². The molecule has 292 valence electrons. The smallest absolute Gasteiger partial charge is 0.423 e. The summed E-state index contributed by atoms with van der Waals surface area (Å²) in [4.78, 5) is 70.5. The molecule has 18 heteroatoms. The number of ether oxygens (including phenoxy) is 4. The minimum absolute atomic E-state index is 0.0540. The minimum atomic E-state index is -1.12. The standard InChI is InChI=1S/C36H46Cl2N8O8/c1-35(2,3)53-33(49)45(23-12-11-21(17-22(23)39)31(47)44-15-13-42(7)14-16-44)27-19-26(40-20-41-27)43(8)32(48)46(34(50)54-36(4,5)6)30-28(37)24(51-9)18-25(52-10)29(30)38/h11-12,17-20H,13-16,39H2,1-10H3. The van der Waals surface area contributed by atoms with Gasteiger partial charge in [0.05, 0.1) is 25.6 Å². The van der Waals surface area contributed by atoms with Crippen LogP contribution in [-0.2, 0) is 9.47 Å². The summed E-state index contributed by atoms with van der Waals surface area (Å²) in [5, 5.41) is -0.360. The van der Waals surface area contributed by atoms with E-state index in [0.29, 0.717) is 23.6 Å².